The molecule has 2 aliphatic heterocycles. The zero-order valence-electron chi connectivity index (χ0n) is 12.1. The van der Waals surface area contributed by atoms with Crippen LogP contribution in [0.15, 0.2) is 53.5 Å². The molecule has 3 rings (SSSR count). The van der Waals surface area contributed by atoms with E-state index >= 15 is 0 Å². The van der Waals surface area contributed by atoms with Crippen LogP contribution < -0.4 is 0 Å². The number of hydrogen-bond donors (Lipinski definition) is 0. The van der Waals surface area contributed by atoms with E-state index in [2.05, 4.69) is 69.3 Å². The molecule has 2 heterocycles. The van der Waals surface area contributed by atoms with E-state index in [1.54, 1.807) is 4.90 Å². The SMILES string of the molecule is CC(C)(C)c1ccc([S+]2C3C=CCC2C=CC3)cc1. The smallest absolute Gasteiger partial charge is 0.0783 e. The third-order valence-electron chi connectivity index (χ3n) is 4.08. The molecule has 1 aromatic carbocycles. The van der Waals surface area contributed by atoms with Crippen molar-refractivity contribution in [1.82, 2.24) is 0 Å². The van der Waals surface area contributed by atoms with Crippen LogP contribution in [0.4, 0.5) is 0 Å². The molecule has 0 N–H and O–H groups in total. The lowest BCUT2D eigenvalue weighted by Crippen LogP contribution is -2.35. The fraction of sp³-hybridized carbons (Fsp3) is 0.444. The molecule has 0 nitrogen and oxygen atoms in total. The lowest BCUT2D eigenvalue weighted by atomic mass is 9.87. The molecule has 2 bridgehead atoms. The highest BCUT2D eigenvalue weighted by atomic mass is 32.2. The Balaban J connectivity index is 1.91. The largest absolute Gasteiger partial charge is 0.156 e. The van der Waals surface area contributed by atoms with Crippen LogP contribution in [-0.4, -0.2) is 10.5 Å². The van der Waals surface area contributed by atoms with Gasteiger partial charge in [-0.1, -0.05) is 45.1 Å². The summed E-state index contributed by atoms with van der Waals surface area (Å²) in [6.07, 6.45) is 12.1. The van der Waals surface area contributed by atoms with Crippen molar-refractivity contribution in [2.24, 2.45) is 0 Å². The molecule has 0 saturated carbocycles. The van der Waals surface area contributed by atoms with Gasteiger partial charge in [-0.05, 0) is 35.3 Å². The standard InChI is InChI=1S/C18H23S/c1-18(2,3)14-10-12-17(13-11-14)19-15-6-4-7-16(19)9-5-8-15/h4-6,9-13,15-16H,7-8H2,1-3H3/q+1. The molecular weight excluding hydrogens is 248 g/mol. The molecule has 19 heavy (non-hydrogen) atoms. The summed E-state index contributed by atoms with van der Waals surface area (Å²) in [5.74, 6) is 0. The van der Waals surface area contributed by atoms with Gasteiger partial charge in [-0.2, -0.15) is 0 Å². The van der Waals surface area contributed by atoms with E-state index in [-0.39, 0.29) is 5.41 Å². The first-order chi connectivity index (χ1) is 9.05. The fourth-order valence-electron chi connectivity index (χ4n) is 2.95. The normalized spacial score (nSPS) is 29.5. The molecule has 1 heteroatoms. The van der Waals surface area contributed by atoms with Crippen LogP contribution in [0.5, 0.6) is 0 Å². The number of fused-ring (bicyclic) bond motifs is 2. The van der Waals surface area contributed by atoms with E-state index in [1.807, 2.05) is 0 Å². The van der Waals surface area contributed by atoms with Crippen molar-refractivity contribution in [2.75, 3.05) is 0 Å². The van der Waals surface area contributed by atoms with Crippen molar-refractivity contribution in [3.05, 3.63) is 54.1 Å². The first kappa shape index (κ1) is 13.1. The average molecular weight is 271 g/mol. The molecule has 0 saturated heterocycles. The minimum absolute atomic E-state index is 0.254. The molecule has 100 valence electrons. The molecule has 1 aromatic rings. The van der Waals surface area contributed by atoms with Gasteiger partial charge in [-0.25, -0.2) is 0 Å². The topological polar surface area (TPSA) is 0 Å². The van der Waals surface area contributed by atoms with Crippen molar-refractivity contribution in [3.63, 3.8) is 0 Å². The Morgan fingerprint density at radius 3 is 1.89 bits per heavy atom. The van der Waals surface area contributed by atoms with Gasteiger partial charge < -0.3 is 0 Å². The second kappa shape index (κ2) is 4.86. The van der Waals surface area contributed by atoms with Crippen LogP contribution in [0.3, 0.4) is 0 Å². The predicted molar refractivity (Wildman–Crippen MR) is 85.9 cm³/mol. The summed E-state index contributed by atoms with van der Waals surface area (Å²) >= 11 is 0. The number of allylic oxidation sites excluding steroid dienone is 2. The molecule has 2 aliphatic rings. The van der Waals surface area contributed by atoms with Crippen LogP contribution in [0.1, 0.15) is 39.2 Å². The molecule has 0 spiro atoms. The maximum Gasteiger partial charge on any atom is 0.156 e. The highest BCUT2D eigenvalue weighted by Crippen LogP contribution is 2.36. The molecule has 0 fully saturated rings. The third kappa shape index (κ3) is 2.53. The van der Waals surface area contributed by atoms with Gasteiger partial charge in [0, 0.05) is 23.7 Å². The number of benzene rings is 1. The molecule has 2 atom stereocenters. The van der Waals surface area contributed by atoms with Crippen LogP contribution in [-0.2, 0) is 16.3 Å². The molecule has 0 aromatic heterocycles. The zero-order chi connectivity index (χ0) is 13.5. The van der Waals surface area contributed by atoms with Gasteiger partial charge in [0.05, 0.1) is 0 Å². The summed E-state index contributed by atoms with van der Waals surface area (Å²) < 4.78 is 0. The van der Waals surface area contributed by atoms with Gasteiger partial charge in [-0.3, -0.25) is 0 Å². The second-order valence-electron chi connectivity index (χ2n) is 6.55. The first-order valence-corrected chi connectivity index (χ1v) is 8.56. The fourth-order valence-corrected chi connectivity index (χ4v) is 5.75. The number of rotatable bonds is 1. The minimum Gasteiger partial charge on any atom is -0.0783 e. The van der Waals surface area contributed by atoms with Gasteiger partial charge in [0.15, 0.2) is 4.90 Å². The molecular formula is C18H23S+. The van der Waals surface area contributed by atoms with Crippen molar-refractivity contribution in [2.45, 2.75) is 54.4 Å². The zero-order valence-corrected chi connectivity index (χ0v) is 12.9. The molecule has 0 radical (unpaired) electrons. The Kier molecular flexibility index (Phi) is 3.34. The van der Waals surface area contributed by atoms with Crippen LogP contribution in [0, 0.1) is 0 Å². The minimum atomic E-state index is 0.254. The summed E-state index contributed by atoms with van der Waals surface area (Å²) in [5, 5.41) is 1.48. The molecule has 2 unspecified atom stereocenters. The Bertz CT molecular complexity index is 481. The second-order valence-corrected chi connectivity index (χ2v) is 8.98. The summed E-state index contributed by atoms with van der Waals surface area (Å²) in [4.78, 5) is 1.55. The summed E-state index contributed by atoms with van der Waals surface area (Å²) in [5.41, 5.74) is 1.69. The van der Waals surface area contributed by atoms with E-state index in [0.717, 1.165) is 10.5 Å². The maximum absolute atomic E-state index is 2.45. The van der Waals surface area contributed by atoms with Crippen LogP contribution in [0.2, 0.25) is 0 Å². The quantitative estimate of drug-likeness (QED) is 0.516. The van der Waals surface area contributed by atoms with Gasteiger partial charge in [0.25, 0.3) is 0 Å². The van der Waals surface area contributed by atoms with E-state index < -0.39 is 0 Å². The first-order valence-electron chi connectivity index (χ1n) is 7.21. The lowest BCUT2D eigenvalue weighted by molar-refractivity contribution is 0.589. The van der Waals surface area contributed by atoms with Crippen LogP contribution in [0.25, 0.3) is 0 Å². The highest BCUT2D eigenvalue weighted by Gasteiger charge is 2.41. The molecule has 0 aliphatic carbocycles. The van der Waals surface area contributed by atoms with Gasteiger partial charge in [0.1, 0.15) is 10.5 Å². The van der Waals surface area contributed by atoms with Crippen molar-refractivity contribution >= 4 is 10.9 Å². The monoisotopic (exact) mass is 271 g/mol. The average Bonchev–Trinajstić information content (AvgIpc) is 2.37. The van der Waals surface area contributed by atoms with Gasteiger partial charge in [0.2, 0.25) is 0 Å². The van der Waals surface area contributed by atoms with E-state index in [9.17, 15) is 0 Å². The van der Waals surface area contributed by atoms with E-state index in [0.29, 0.717) is 10.9 Å². The Morgan fingerprint density at radius 2 is 1.42 bits per heavy atom. The summed E-state index contributed by atoms with van der Waals surface area (Å²) in [6.45, 7) is 6.85. The third-order valence-corrected chi connectivity index (χ3v) is 6.90. The maximum atomic E-state index is 2.45. The Hall–Kier alpha value is -0.950. The Morgan fingerprint density at radius 1 is 0.895 bits per heavy atom. The molecule has 0 amide bonds. The van der Waals surface area contributed by atoms with Gasteiger partial charge in [-0.15, -0.1) is 0 Å². The van der Waals surface area contributed by atoms with E-state index in [1.165, 1.54) is 18.4 Å². The van der Waals surface area contributed by atoms with Crippen molar-refractivity contribution < 1.29 is 0 Å². The summed E-state index contributed by atoms with van der Waals surface area (Å²) in [7, 11) is 0.388. The predicted octanol–water partition coefficient (Wildman–Crippen LogP) is 4.62. The highest BCUT2D eigenvalue weighted by molar-refractivity contribution is 7.98. The lowest BCUT2D eigenvalue weighted by Gasteiger charge is -2.28. The Labute approximate surface area is 120 Å². The van der Waals surface area contributed by atoms with Crippen molar-refractivity contribution in [3.8, 4) is 0 Å². The van der Waals surface area contributed by atoms with Crippen molar-refractivity contribution in [1.29, 1.82) is 0 Å². The summed E-state index contributed by atoms with van der Waals surface area (Å²) in [6, 6.07) is 9.42. The van der Waals surface area contributed by atoms with Gasteiger partial charge >= 0.3 is 0 Å². The van der Waals surface area contributed by atoms with E-state index in [4.69, 9.17) is 0 Å². The number of hydrogen-bond acceptors (Lipinski definition) is 0. The van der Waals surface area contributed by atoms with Crippen LogP contribution >= 0.6 is 0 Å².